The zero-order valence-electron chi connectivity index (χ0n) is 14.4. The van der Waals surface area contributed by atoms with Crippen molar-refractivity contribution < 1.29 is 17.7 Å². The minimum absolute atomic E-state index is 0.129. The normalized spacial score (nSPS) is 11.8. The van der Waals surface area contributed by atoms with Gasteiger partial charge in [-0.25, -0.2) is 4.68 Å². The lowest BCUT2D eigenvalue weighted by Crippen LogP contribution is -2.14. The van der Waals surface area contributed by atoms with E-state index in [2.05, 4.69) is 15.3 Å². The average Bonchev–Trinajstić information content (AvgIpc) is 2.94. The molecule has 0 radical (unpaired) electrons. The number of nitrogens with zero attached hydrogens (tertiary/aromatic N) is 3. The summed E-state index contributed by atoms with van der Waals surface area (Å²) in [7, 11) is -2.74. The zero-order chi connectivity index (χ0) is 19.6. The molecule has 1 heterocycles. The lowest BCUT2D eigenvalue weighted by atomic mass is 10.3. The van der Waals surface area contributed by atoms with E-state index in [9.17, 15) is 13.2 Å². The van der Waals surface area contributed by atoms with Crippen LogP contribution >= 0.6 is 0 Å². The molecular formula is C17H16N4O5S. The van der Waals surface area contributed by atoms with Gasteiger partial charge in [-0.15, -0.1) is 5.11 Å². The van der Waals surface area contributed by atoms with Crippen molar-refractivity contribution in [3.8, 4) is 11.4 Å². The number of ether oxygens (including phenoxy) is 1. The number of aromatic nitrogens is 2. The molecule has 27 heavy (non-hydrogen) atoms. The zero-order valence-corrected chi connectivity index (χ0v) is 15.3. The lowest BCUT2D eigenvalue weighted by molar-refractivity contribution is 0.415. The fraction of sp³-hybridized carbons (Fsp3) is 0.118. The number of hydrogen-bond donors (Lipinski definition) is 2. The lowest BCUT2D eigenvalue weighted by Gasteiger charge is -2.02. The van der Waals surface area contributed by atoms with E-state index in [1.165, 1.54) is 28.9 Å². The van der Waals surface area contributed by atoms with Crippen molar-refractivity contribution in [1.82, 2.24) is 9.78 Å². The van der Waals surface area contributed by atoms with Crippen LogP contribution in [-0.4, -0.2) is 29.9 Å². The first-order valence-corrected chi connectivity index (χ1v) is 9.19. The van der Waals surface area contributed by atoms with Gasteiger partial charge in [-0.3, -0.25) is 14.4 Å². The van der Waals surface area contributed by atoms with Gasteiger partial charge in [-0.2, -0.15) is 13.5 Å². The first-order valence-electron chi connectivity index (χ1n) is 7.75. The van der Waals surface area contributed by atoms with Gasteiger partial charge in [0.05, 0.1) is 29.1 Å². The molecule has 0 aliphatic rings. The summed E-state index contributed by atoms with van der Waals surface area (Å²) in [6, 6.07) is 12.1. The van der Waals surface area contributed by atoms with E-state index in [0.717, 1.165) is 0 Å². The van der Waals surface area contributed by atoms with E-state index in [4.69, 9.17) is 9.29 Å². The minimum atomic E-state index is -4.30. The molecule has 0 unspecified atom stereocenters. The van der Waals surface area contributed by atoms with E-state index >= 15 is 0 Å². The quantitative estimate of drug-likeness (QED) is 0.513. The van der Waals surface area contributed by atoms with Gasteiger partial charge in [0, 0.05) is 0 Å². The molecule has 3 aromatic rings. The van der Waals surface area contributed by atoms with Crippen molar-refractivity contribution in [3.63, 3.8) is 0 Å². The summed E-state index contributed by atoms with van der Waals surface area (Å²) >= 11 is 0. The fourth-order valence-electron chi connectivity index (χ4n) is 2.36. The van der Waals surface area contributed by atoms with Crippen LogP contribution < -0.4 is 10.3 Å². The van der Waals surface area contributed by atoms with Gasteiger partial charge in [0.1, 0.15) is 5.75 Å². The third-order valence-corrected chi connectivity index (χ3v) is 4.64. The van der Waals surface area contributed by atoms with Crippen LogP contribution in [0.1, 0.15) is 5.69 Å². The molecule has 9 nitrogen and oxygen atoms in total. The van der Waals surface area contributed by atoms with Gasteiger partial charge in [0.2, 0.25) is 0 Å². The van der Waals surface area contributed by atoms with Gasteiger partial charge in [0.25, 0.3) is 15.7 Å². The number of methoxy groups -OCH3 is 1. The number of aromatic amines is 1. The Morgan fingerprint density at radius 3 is 2.22 bits per heavy atom. The molecule has 0 aliphatic heterocycles. The molecule has 0 spiro atoms. The summed E-state index contributed by atoms with van der Waals surface area (Å²) in [5, 5.41) is 10.9. The Kier molecular flexibility index (Phi) is 4.93. The second-order valence-electron chi connectivity index (χ2n) is 5.59. The summed E-state index contributed by atoms with van der Waals surface area (Å²) in [6.07, 6.45) is 0. The van der Waals surface area contributed by atoms with Crippen LogP contribution in [0.5, 0.6) is 5.75 Å². The molecule has 10 heteroatoms. The second-order valence-corrected chi connectivity index (χ2v) is 7.01. The van der Waals surface area contributed by atoms with Crippen molar-refractivity contribution in [3.05, 3.63) is 64.6 Å². The number of nitrogens with one attached hydrogen (secondary N) is 1. The highest BCUT2D eigenvalue weighted by Crippen LogP contribution is 2.21. The average molecular weight is 388 g/mol. The largest absolute Gasteiger partial charge is 0.497 e. The summed E-state index contributed by atoms with van der Waals surface area (Å²) < 4.78 is 37.5. The molecule has 1 aromatic heterocycles. The standard InChI is InChI=1S/C17H16N4O5S/c1-11-16(19-18-12-3-7-14(26-2)8-4-12)17(22)21(20-11)13-5-9-15(10-6-13)27(23,24)25/h3-10,20H,1-2H3,(H,23,24,25). The Balaban J connectivity index is 1.92. The van der Waals surface area contributed by atoms with Crippen molar-refractivity contribution in [2.75, 3.05) is 7.11 Å². The van der Waals surface area contributed by atoms with Crippen molar-refractivity contribution in [1.29, 1.82) is 0 Å². The molecular weight excluding hydrogens is 372 g/mol. The Bertz CT molecular complexity index is 1140. The maximum absolute atomic E-state index is 12.6. The van der Waals surface area contributed by atoms with E-state index < -0.39 is 15.7 Å². The summed E-state index contributed by atoms with van der Waals surface area (Å²) in [4.78, 5) is 12.3. The molecule has 0 aliphatic carbocycles. The maximum Gasteiger partial charge on any atom is 0.299 e. The van der Waals surface area contributed by atoms with Crippen LogP contribution in [0.4, 0.5) is 11.4 Å². The highest BCUT2D eigenvalue weighted by Gasteiger charge is 2.14. The number of rotatable bonds is 5. The number of azo groups is 1. The topological polar surface area (TPSA) is 126 Å². The molecule has 2 N–H and O–H groups in total. The van der Waals surface area contributed by atoms with Crippen LogP contribution in [-0.2, 0) is 10.1 Å². The molecule has 2 aromatic carbocycles. The van der Waals surface area contributed by atoms with E-state index in [1.54, 1.807) is 38.3 Å². The number of hydrogen-bond acceptors (Lipinski definition) is 6. The third kappa shape index (κ3) is 3.96. The van der Waals surface area contributed by atoms with E-state index in [0.29, 0.717) is 22.8 Å². The van der Waals surface area contributed by atoms with Crippen LogP contribution in [0.25, 0.3) is 5.69 Å². The molecule has 0 fully saturated rings. The molecule has 0 saturated carbocycles. The second kappa shape index (κ2) is 7.17. The van der Waals surface area contributed by atoms with Crippen LogP contribution in [0.3, 0.4) is 0 Å². The van der Waals surface area contributed by atoms with Gasteiger partial charge in [-0.05, 0) is 55.5 Å². The Morgan fingerprint density at radius 1 is 1.04 bits per heavy atom. The van der Waals surface area contributed by atoms with E-state index in [-0.39, 0.29) is 10.6 Å². The van der Waals surface area contributed by atoms with Gasteiger partial charge in [-0.1, -0.05) is 0 Å². The first kappa shape index (κ1) is 18.5. The highest BCUT2D eigenvalue weighted by atomic mass is 32.2. The van der Waals surface area contributed by atoms with Crippen molar-refractivity contribution >= 4 is 21.5 Å². The monoisotopic (exact) mass is 388 g/mol. The summed E-state index contributed by atoms with van der Waals surface area (Å²) in [5.41, 5.74) is 1.13. The summed E-state index contributed by atoms with van der Waals surface area (Å²) in [5.74, 6) is 0.683. The van der Waals surface area contributed by atoms with Crippen LogP contribution in [0, 0.1) is 6.92 Å². The minimum Gasteiger partial charge on any atom is -0.497 e. The van der Waals surface area contributed by atoms with E-state index in [1.807, 2.05) is 0 Å². The predicted molar refractivity (Wildman–Crippen MR) is 98.1 cm³/mol. The van der Waals surface area contributed by atoms with Crippen molar-refractivity contribution in [2.24, 2.45) is 10.2 Å². The SMILES string of the molecule is COc1ccc(N=Nc2c(C)[nH]n(-c3ccc(S(=O)(=O)O)cc3)c2=O)cc1. The Hall–Kier alpha value is -3.24. The summed E-state index contributed by atoms with van der Waals surface area (Å²) in [6.45, 7) is 1.67. The Labute approximate surface area is 154 Å². The van der Waals surface area contributed by atoms with Crippen LogP contribution in [0.2, 0.25) is 0 Å². The smallest absolute Gasteiger partial charge is 0.299 e. The van der Waals surface area contributed by atoms with Gasteiger partial charge < -0.3 is 4.74 Å². The predicted octanol–water partition coefficient (Wildman–Crippen LogP) is 3.14. The molecule has 0 atom stereocenters. The third-order valence-electron chi connectivity index (χ3n) is 3.77. The molecule has 3 rings (SSSR count). The first-order chi connectivity index (χ1) is 12.8. The Morgan fingerprint density at radius 2 is 1.67 bits per heavy atom. The maximum atomic E-state index is 12.6. The number of aryl methyl sites for hydroxylation is 1. The molecule has 0 amide bonds. The molecule has 140 valence electrons. The van der Waals surface area contributed by atoms with Crippen LogP contribution in [0.15, 0.2) is 68.4 Å². The number of benzene rings is 2. The van der Waals surface area contributed by atoms with Gasteiger partial charge in [0.15, 0.2) is 5.69 Å². The fourth-order valence-corrected chi connectivity index (χ4v) is 2.84. The van der Waals surface area contributed by atoms with Gasteiger partial charge >= 0.3 is 0 Å². The number of H-pyrrole nitrogens is 1. The molecule has 0 saturated heterocycles. The van der Waals surface area contributed by atoms with Crippen molar-refractivity contribution in [2.45, 2.75) is 11.8 Å². The molecule has 0 bridgehead atoms. The highest BCUT2D eigenvalue weighted by molar-refractivity contribution is 7.85.